The molecule has 464 valence electrons. The van der Waals surface area contributed by atoms with Gasteiger partial charge in [0.25, 0.3) is 0 Å². The molecule has 0 aromatic heterocycles. The summed E-state index contributed by atoms with van der Waals surface area (Å²) in [5.41, 5.74) is 0. The predicted molar refractivity (Wildman–Crippen MR) is 300 cm³/mol. The zero-order valence-corrected chi connectivity index (χ0v) is 48.4. The Morgan fingerprint density at radius 2 is 0.810 bits per heavy atom. The molecule has 0 bridgehead atoms. The van der Waals surface area contributed by atoms with Crippen LogP contribution in [0.15, 0.2) is 24.3 Å². The average Bonchev–Trinajstić information content (AvgIpc) is 3.55. The second-order valence-electron chi connectivity index (χ2n) is 22.5. The summed E-state index contributed by atoms with van der Waals surface area (Å²) in [6.45, 7) is 1.68. The smallest absolute Gasteiger partial charge is 0.220 e. The number of carbonyl (C=O) groups is 1. The van der Waals surface area contributed by atoms with E-state index in [1.807, 2.05) is 6.08 Å². The van der Waals surface area contributed by atoms with E-state index in [4.69, 9.17) is 28.4 Å². The number of ether oxygens (including phenoxy) is 6. The standard InChI is InChI=1S/C60H111NO18/c1-3-5-7-9-11-13-15-16-17-18-19-20-21-22-23-24-25-26-28-29-31-33-35-37-44(65)43(61-48(66)38-36-34-32-30-27-14-12-10-8-6-4-2)42-74-58-54(72)51(69)56(46(40-63)76-58)79-60-55(73)52(70)57(47(41-64)77-60)78-59-53(71)50(68)49(67)45(39-62)75-59/h10,12,35,37,43-47,49-60,62-65,67-73H,3-9,11,13-34,36,38-42H2,1-2H3,(H,61,66)/b12-10-,37-35+. The van der Waals surface area contributed by atoms with Gasteiger partial charge in [-0.15, -0.1) is 0 Å². The maximum Gasteiger partial charge on any atom is 0.220 e. The third kappa shape index (κ3) is 27.7. The molecule has 12 N–H and O–H groups in total. The van der Waals surface area contributed by atoms with E-state index in [1.165, 1.54) is 128 Å². The van der Waals surface area contributed by atoms with Gasteiger partial charge in [-0.25, -0.2) is 0 Å². The molecule has 3 saturated heterocycles. The van der Waals surface area contributed by atoms with E-state index < -0.39 is 124 Å². The minimum Gasteiger partial charge on any atom is -0.394 e. The highest BCUT2D eigenvalue weighted by molar-refractivity contribution is 5.76. The largest absolute Gasteiger partial charge is 0.394 e. The summed E-state index contributed by atoms with van der Waals surface area (Å²) in [5, 5.41) is 120. The molecule has 17 atom stereocenters. The molecule has 3 aliphatic heterocycles. The van der Waals surface area contributed by atoms with Crippen LogP contribution in [0.5, 0.6) is 0 Å². The number of amides is 1. The van der Waals surface area contributed by atoms with Gasteiger partial charge in [-0.2, -0.15) is 0 Å². The van der Waals surface area contributed by atoms with Gasteiger partial charge in [0, 0.05) is 6.42 Å². The second-order valence-corrected chi connectivity index (χ2v) is 22.5. The number of aliphatic hydroxyl groups excluding tert-OH is 11. The SMILES string of the molecule is CCCC/C=C\CCCCCCCC(=O)NC(COC1OC(CO)C(OC2OC(CO)C(OC3OC(CO)C(O)C(O)C3O)C(O)C2O)C(O)C1O)C(O)/C=C/CCCCCCCCCCCCCCCCCCCCCCC. The van der Waals surface area contributed by atoms with Crippen LogP contribution in [0.1, 0.15) is 219 Å². The molecule has 3 rings (SSSR count). The fourth-order valence-electron chi connectivity index (χ4n) is 10.6. The normalized spacial score (nSPS) is 30.4. The van der Waals surface area contributed by atoms with Crippen molar-refractivity contribution in [3.8, 4) is 0 Å². The average molecular weight is 1130 g/mol. The van der Waals surface area contributed by atoms with Crippen molar-refractivity contribution in [1.82, 2.24) is 5.32 Å². The first-order chi connectivity index (χ1) is 38.3. The Labute approximate surface area is 473 Å². The lowest BCUT2D eigenvalue weighted by molar-refractivity contribution is -0.379. The molecule has 3 heterocycles. The number of unbranched alkanes of at least 4 members (excludes halogenated alkanes) is 28. The van der Waals surface area contributed by atoms with Gasteiger partial charge in [0.05, 0.1) is 38.6 Å². The van der Waals surface area contributed by atoms with Crippen molar-refractivity contribution in [2.75, 3.05) is 26.4 Å². The molecule has 17 unspecified atom stereocenters. The Kier molecular flexibility index (Phi) is 39.7. The highest BCUT2D eigenvalue weighted by Gasteiger charge is 2.53. The number of carbonyl (C=O) groups excluding carboxylic acids is 1. The van der Waals surface area contributed by atoms with Crippen LogP contribution in [-0.2, 0) is 33.2 Å². The summed E-state index contributed by atoms with van der Waals surface area (Å²) in [5.74, 6) is -0.286. The summed E-state index contributed by atoms with van der Waals surface area (Å²) in [6.07, 6.45) is 18.9. The third-order valence-corrected chi connectivity index (χ3v) is 15.7. The van der Waals surface area contributed by atoms with E-state index in [0.717, 1.165) is 64.2 Å². The number of hydrogen-bond acceptors (Lipinski definition) is 18. The number of allylic oxidation sites excluding steroid dienone is 3. The first kappa shape index (κ1) is 71.5. The number of nitrogens with one attached hydrogen (secondary N) is 1. The van der Waals surface area contributed by atoms with Crippen LogP contribution in [0.3, 0.4) is 0 Å². The molecule has 19 heteroatoms. The summed E-state index contributed by atoms with van der Waals surface area (Å²) in [6, 6.07) is -0.974. The van der Waals surface area contributed by atoms with Crippen molar-refractivity contribution in [3.63, 3.8) is 0 Å². The topological polar surface area (TPSA) is 307 Å². The van der Waals surface area contributed by atoms with Gasteiger partial charge in [-0.1, -0.05) is 199 Å². The van der Waals surface area contributed by atoms with Crippen LogP contribution in [0, 0.1) is 0 Å². The molecule has 3 fully saturated rings. The van der Waals surface area contributed by atoms with Crippen LogP contribution in [-0.4, -0.2) is 193 Å². The summed E-state index contributed by atoms with van der Waals surface area (Å²) in [4.78, 5) is 13.3. The maximum atomic E-state index is 13.3. The Balaban J connectivity index is 1.46. The van der Waals surface area contributed by atoms with E-state index in [-0.39, 0.29) is 18.9 Å². The van der Waals surface area contributed by atoms with E-state index in [1.54, 1.807) is 6.08 Å². The molecular weight excluding hydrogens is 1020 g/mol. The zero-order chi connectivity index (χ0) is 57.6. The Bertz CT molecular complexity index is 1540. The number of aliphatic hydroxyl groups is 11. The summed E-state index contributed by atoms with van der Waals surface area (Å²) >= 11 is 0. The predicted octanol–water partition coefficient (Wildman–Crippen LogP) is 5.93. The van der Waals surface area contributed by atoms with Crippen molar-refractivity contribution in [1.29, 1.82) is 0 Å². The van der Waals surface area contributed by atoms with Crippen molar-refractivity contribution >= 4 is 5.91 Å². The molecule has 0 aliphatic carbocycles. The lowest BCUT2D eigenvalue weighted by Crippen LogP contribution is -2.66. The molecule has 0 aromatic rings. The van der Waals surface area contributed by atoms with Gasteiger partial charge in [0.2, 0.25) is 5.91 Å². The van der Waals surface area contributed by atoms with Crippen LogP contribution in [0.4, 0.5) is 0 Å². The Morgan fingerprint density at radius 3 is 1.27 bits per heavy atom. The minimum atomic E-state index is -1.98. The molecule has 0 aromatic carbocycles. The van der Waals surface area contributed by atoms with Crippen LogP contribution >= 0.6 is 0 Å². The van der Waals surface area contributed by atoms with Crippen molar-refractivity contribution in [3.05, 3.63) is 24.3 Å². The molecule has 3 aliphatic rings. The zero-order valence-electron chi connectivity index (χ0n) is 48.4. The van der Waals surface area contributed by atoms with Crippen molar-refractivity contribution in [2.45, 2.75) is 324 Å². The van der Waals surface area contributed by atoms with E-state index in [9.17, 15) is 61.0 Å². The van der Waals surface area contributed by atoms with Gasteiger partial charge in [0.15, 0.2) is 18.9 Å². The molecule has 79 heavy (non-hydrogen) atoms. The number of rotatable bonds is 46. The first-order valence-corrected chi connectivity index (χ1v) is 31.1. The molecule has 19 nitrogen and oxygen atoms in total. The van der Waals surface area contributed by atoms with Gasteiger partial charge in [-0.3, -0.25) is 4.79 Å². The van der Waals surface area contributed by atoms with Gasteiger partial charge in [0.1, 0.15) is 73.2 Å². The van der Waals surface area contributed by atoms with Crippen LogP contribution in [0.25, 0.3) is 0 Å². The van der Waals surface area contributed by atoms with Gasteiger partial charge < -0.3 is 89.9 Å². The molecule has 0 saturated carbocycles. The highest BCUT2D eigenvalue weighted by atomic mass is 16.8. The lowest BCUT2D eigenvalue weighted by Gasteiger charge is -2.48. The maximum absolute atomic E-state index is 13.3. The van der Waals surface area contributed by atoms with Gasteiger partial charge in [-0.05, 0) is 38.5 Å². The monoisotopic (exact) mass is 1130 g/mol. The highest BCUT2D eigenvalue weighted by Crippen LogP contribution is 2.33. The summed E-state index contributed by atoms with van der Waals surface area (Å²) in [7, 11) is 0. The quantitative estimate of drug-likeness (QED) is 0.0248. The van der Waals surface area contributed by atoms with Crippen LogP contribution < -0.4 is 5.32 Å². The molecule has 0 radical (unpaired) electrons. The fraction of sp³-hybridized carbons (Fsp3) is 0.917. The fourth-order valence-corrected chi connectivity index (χ4v) is 10.6. The summed E-state index contributed by atoms with van der Waals surface area (Å²) < 4.78 is 34.2. The molecular formula is C60H111NO18. The van der Waals surface area contributed by atoms with E-state index in [0.29, 0.717) is 6.42 Å². The Morgan fingerprint density at radius 1 is 0.443 bits per heavy atom. The molecule has 1 amide bonds. The molecule has 0 spiro atoms. The third-order valence-electron chi connectivity index (χ3n) is 15.7. The van der Waals surface area contributed by atoms with Gasteiger partial charge >= 0.3 is 0 Å². The lowest BCUT2D eigenvalue weighted by atomic mass is 9.96. The van der Waals surface area contributed by atoms with Crippen molar-refractivity contribution in [2.24, 2.45) is 0 Å². The minimum absolute atomic E-state index is 0.234. The van der Waals surface area contributed by atoms with E-state index >= 15 is 0 Å². The van der Waals surface area contributed by atoms with E-state index in [2.05, 4.69) is 31.3 Å². The first-order valence-electron chi connectivity index (χ1n) is 31.1. The number of hydrogen-bond donors (Lipinski definition) is 12. The van der Waals surface area contributed by atoms with Crippen LogP contribution in [0.2, 0.25) is 0 Å². The second kappa shape index (κ2) is 43.8. The van der Waals surface area contributed by atoms with Crippen molar-refractivity contribution < 1.29 is 89.4 Å². The Hall–Kier alpha value is -1.73.